The van der Waals surface area contributed by atoms with Crippen LogP contribution in [0.3, 0.4) is 0 Å². The predicted octanol–water partition coefficient (Wildman–Crippen LogP) is 4.20. The summed E-state index contributed by atoms with van der Waals surface area (Å²) in [7, 11) is 0. The fourth-order valence-corrected chi connectivity index (χ4v) is 2.32. The van der Waals surface area contributed by atoms with Gasteiger partial charge in [0.05, 0.1) is 5.69 Å². The van der Waals surface area contributed by atoms with Crippen LogP contribution in [0, 0.1) is 10.5 Å². The van der Waals surface area contributed by atoms with E-state index in [0.29, 0.717) is 5.69 Å². The number of pyridine rings is 1. The first-order chi connectivity index (χ1) is 8.97. The van der Waals surface area contributed by atoms with E-state index in [1.54, 1.807) is 6.07 Å². The minimum absolute atomic E-state index is 0.156. The summed E-state index contributed by atoms with van der Waals surface area (Å²) in [6, 6.07) is 7.45. The van der Waals surface area contributed by atoms with Crippen molar-refractivity contribution in [3.05, 3.63) is 49.8 Å². The highest BCUT2D eigenvalue weighted by molar-refractivity contribution is 14.1. The van der Waals surface area contributed by atoms with E-state index < -0.39 is 5.97 Å². The van der Waals surface area contributed by atoms with Crippen LogP contribution in [0.15, 0.2) is 34.9 Å². The number of carboxylic acids is 1. The highest BCUT2D eigenvalue weighted by atomic mass is 127. The Bertz CT molecular complexity index is 647. The molecular formula is C13H10BrIN2O2. The molecule has 0 atom stereocenters. The highest BCUT2D eigenvalue weighted by Gasteiger charge is 2.11. The molecule has 98 valence electrons. The van der Waals surface area contributed by atoms with Crippen molar-refractivity contribution in [3.63, 3.8) is 0 Å². The second-order valence-corrected chi connectivity index (χ2v) is 5.95. The normalized spacial score (nSPS) is 10.3. The zero-order chi connectivity index (χ0) is 14.0. The first kappa shape index (κ1) is 14.3. The van der Waals surface area contributed by atoms with Crippen LogP contribution in [0.25, 0.3) is 0 Å². The number of rotatable bonds is 3. The lowest BCUT2D eigenvalue weighted by Crippen LogP contribution is -2.04. The van der Waals surface area contributed by atoms with Crippen molar-refractivity contribution >= 4 is 55.9 Å². The Labute approximate surface area is 132 Å². The molecule has 2 N–H and O–H groups in total. The smallest absolute Gasteiger partial charge is 0.339 e. The van der Waals surface area contributed by atoms with Gasteiger partial charge < -0.3 is 10.4 Å². The molecule has 2 aromatic rings. The molecule has 1 heterocycles. The van der Waals surface area contributed by atoms with Gasteiger partial charge in [-0.25, -0.2) is 4.79 Å². The number of halogens is 2. The Hall–Kier alpha value is -1.15. The van der Waals surface area contributed by atoms with Gasteiger partial charge in [-0.2, -0.15) is 0 Å². The fourth-order valence-electron chi connectivity index (χ4n) is 1.56. The van der Waals surface area contributed by atoms with Crippen LogP contribution in [0.1, 0.15) is 16.1 Å². The van der Waals surface area contributed by atoms with Crippen molar-refractivity contribution in [2.75, 3.05) is 5.32 Å². The first-order valence-electron chi connectivity index (χ1n) is 5.39. The van der Waals surface area contributed by atoms with E-state index in [1.165, 1.54) is 6.20 Å². The first-order valence-corrected chi connectivity index (χ1v) is 7.26. The number of nitrogens with one attached hydrogen (secondary N) is 1. The van der Waals surface area contributed by atoms with Gasteiger partial charge in [0.15, 0.2) is 0 Å². The van der Waals surface area contributed by atoms with Crippen LogP contribution in [-0.2, 0) is 0 Å². The number of aromatic carboxylic acids is 1. The molecule has 0 fully saturated rings. The predicted molar refractivity (Wildman–Crippen MR) is 86.1 cm³/mol. The Morgan fingerprint density at radius 2 is 2.16 bits per heavy atom. The number of hydrogen-bond donors (Lipinski definition) is 2. The summed E-state index contributed by atoms with van der Waals surface area (Å²) in [5, 5.41) is 12.3. The van der Waals surface area contributed by atoms with Gasteiger partial charge in [-0.3, -0.25) is 4.98 Å². The van der Waals surface area contributed by atoms with E-state index in [2.05, 4.69) is 48.8 Å². The van der Waals surface area contributed by atoms with Crippen LogP contribution in [0.2, 0.25) is 0 Å². The van der Waals surface area contributed by atoms with E-state index in [4.69, 9.17) is 5.11 Å². The van der Waals surface area contributed by atoms with Crippen molar-refractivity contribution in [1.29, 1.82) is 0 Å². The topological polar surface area (TPSA) is 62.2 Å². The Kier molecular flexibility index (Phi) is 4.41. The van der Waals surface area contributed by atoms with Gasteiger partial charge >= 0.3 is 5.97 Å². The van der Waals surface area contributed by atoms with Gasteiger partial charge in [0.1, 0.15) is 5.56 Å². The molecule has 1 aromatic carbocycles. The molecule has 0 saturated carbocycles. The number of aryl methyl sites for hydroxylation is 1. The van der Waals surface area contributed by atoms with Crippen LogP contribution in [-0.4, -0.2) is 16.1 Å². The Balaban J connectivity index is 2.39. The number of benzene rings is 1. The molecule has 0 saturated heterocycles. The van der Waals surface area contributed by atoms with Gasteiger partial charge in [-0.05, 0) is 69.7 Å². The van der Waals surface area contributed by atoms with Crippen molar-refractivity contribution in [1.82, 2.24) is 4.98 Å². The molecule has 0 aliphatic rings. The average molecular weight is 433 g/mol. The third-order valence-corrected chi connectivity index (χ3v) is 4.79. The van der Waals surface area contributed by atoms with Crippen LogP contribution in [0.4, 0.5) is 11.4 Å². The summed E-state index contributed by atoms with van der Waals surface area (Å²) in [6.07, 6.45) is 1.36. The van der Waals surface area contributed by atoms with Crippen LogP contribution in [0.5, 0.6) is 0 Å². The summed E-state index contributed by atoms with van der Waals surface area (Å²) in [5.74, 6) is -0.998. The molecule has 2 rings (SSSR count). The zero-order valence-electron chi connectivity index (χ0n) is 9.95. The number of hydrogen-bond acceptors (Lipinski definition) is 3. The number of anilines is 2. The summed E-state index contributed by atoms with van der Waals surface area (Å²) < 4.78 is 2.05. The van der Waals surface area contributed by atoms with Crippen LogP contribution < -0.4 is 5.32 Å². The third kappa shape index (κ3) is 3.44. The third-order valence-electron chi connectivity index (χ3n) is 2.47. The summed E-state index contributed by atoms with van der Waals surface area (Å²) in [4.78, 5) is 15.2. The fraction of sp³-hybridized carbons (Fsp3) is 0.0769. The molecule has 0 radical (unpaired) electrons. The van der Waals surface area contributed by atoms with Gasteiger partial charge in [-0.15, -0.1) is 0 Å². The van der Waals surface area contributed by atoms with Crippen molar-refractivity contribution in [3.8, 4) is 0 Å². The molecule has 0 unspecified atom stereocenters. The Morgan fingerprint density at radius 3 is 2.79 bits per heavy atom. The second-order valence-electron chi connectivity index (χ2n) is 3.93. The van der Waals surface area contributed by atoms with Crippen LogP contribution >= 0.6 is 38.5 Å². The van der Waals surface area contributed by atoms with Gasteiger partial charge in [0.25, 0.3) is 0 Å². The molecule has 6 heteroatoms. The van der Waals surface area contributed by atoms with Gasteiger partial charge in [0, 0.05) is 25.6 Å². The monoisotopic (exact) mass is 432 g/mol. The SMILES string of the molecule is Cc1cc(Nc2ccc(Br)c(I)c2)c(C(=O)O)cn1. The standard InChI is InChI=1S/C13H10BrIN2O2/c1-7-4-12(9(6-16-7)13(18)19)17-8-2-3-10(14)11(15)5-8/h2-6H,1H3,(H,16,17)(H,18,19). The maximum absolute atomic E-state index is 11.2. The number of aromatic nitrogens is 1. The molecule has 1 aromatic heterocycles. The molecule has 19 heavy (non-hydrogen) atoms. The highest BCUT2D eigenvalue weighted by Crippen LogP contribution is 2.26. The largest absolute Gasteiger partial charge is 0.478 e. The lowest BCUT2D eigenvalue weighted by atomic mass is 10.2. The average Bonchev–Trinajstić information content (AvgIpc) is 2.33. The van der Waals surface area contributed by atoms with E-state index in [-0.39, 0.29) is 5.56 Å². The van der Waals surface area contributed by atoms with Crippen molar-refractivity contribution in [2.24, 2.45) is 0 Å². The second kappa shape index (κ2) is 5.87. The summed E-state index contributed by atoms with van der Waals surface area (Å²) in [6.45, 7) is 1.82. The lowest BCUT2D eigenvalue weighted by Gasteiger charge is -2.11. The van der Waals surface area contributed by atoms with E-state index in [1.807, 2.05) is 25.1 Å². The summed E-state index contributed by atoms with van der Waals surface area (Å²) in [5.41, 5.74) is 2.29. The minimum Gasteiger partial charge on any atom is -0.478 e. The van der Waals surface area contributed by atoms with E-state index in [0.717, 1.165) is 19.4 Å². The molecule has 0 amide bonds. The summed E-state index contributed by atoms with van der Waals surface area (Å²) >= 11 is 5.63. The minimum atomic E-state index is -0.998. The maximum atomic E-state index is 11.2. The molecule has 0 aliphatic carbocycles. The number of nitrogens with zero attached hydrogens (tertiary/aromatic N) is 1. The maximum Gasteiger partial charge on any atom is 0.339 e. The molecule has 0 spiro atoms. The van der Waals surface area contributed by atoms with E-state index >= 15 is 0 Å². The zero-order valence-corrected chi connectivity index (χ0v) is 13.7. The van der Waals surface area contributed by atoms with Gasteiger partial charge in [0.2, 0.25) is 0 Å². The lowest BCUT2D eigenvalue weighted by molar-refractivity contribution is 0.0697. The molecule has 4 nitrogen and oxygen atoms in total. The van der Waals surface area contributed by atoms with E-state index in [9.17, 15) is 4.79 Å². The Morgan fingerprint density at radius 1 is 1.42 bits per heavy atom. The van der Waals surface area contributed by atoms with Crippen molar-refractivity contribution in [2.45, 2.75) is 6.92 Å². The van der Waals surface area contributed by atoms with Crippen molar-refractivity contribution < 1.29 is 9.90 Å². The molecule has 0 aliphatic heterocycles. The quantitative estimate of drug-likeness (QED) is 0.713. The molecule has 0 bridgehead atoms. The number of carbonyl (C=O) groups is 1. The molecular weight excluding hydrogens is 423 g/mol. The van der Waals surface area contributed by atoms with Gasteiger partial charge in [-0.1, -0.05) is 0 Å². The number of carboxylic acid groups (broad SMARTS) is 1.